The first-order chi connectivity index (χ1) is 6.83. The lowest BCUT2D eigenvalue weighted by Crippen LogP contribution is -2.35. The molecule has 2 nitrogen and oxygen atoms in total. The van der Waals surface area contributed by atoms with Crippen LogP contribution in [0.4, 0.5) is 4.39 Å². The molecule has 1 aliphatic rings. The Morgan fingerprint density at radius 1 is 1.29 bits per heavy atom. The first-order valence-corrected chi connectivity index (χ1v) is 4.84. The molecule has 2 aromatic rings. The fraction of sp³-hybridized carbons (Fsp3) is 0.273. The van der Waals surface area contributed by atoms with Crippen LogP contribution in [0.15, 0.2) is 24.3 Å². The van der Waals surface area contributed by atoms with E-state index in [1.807, 2.05) is 6.07 Å². The van der Waals surface area contributed by atoms with E-state index in [9.17, 15) is 4.39 Å². The van der Waals surface area contributed by atoms with Crippen LogP contribution in [0.5, 0.6) is 0 Å². The van der Waals surface area contributed by atoms with Crippen molar-refractivity contribution >= 4 is 10.9 Å². The fourth-order valence-corrected chi connectivity index (χ4v) is 1.87. The number of hydrogen-bond acceptors (Lipinski definition) is 1. The average Bonchev–Trinajstić information content (AvgIpc) is 2.43. The number of aromatic nitrogens is 1. The van der Waals surface area contributed by atoms with Crippen LogP contribution in [0.3, 0.4) is 0 Å². The standard InChI is InChI=1S/C11H11FN2/c12-8-1-2-9-7(5-8)6-11(14-9)10-3-4-13-10/h1-2,5-6,10,13-14H,3-4H2/t10-/m0/s1. The number of aromatic amines is 1. The number of fused-ring (bicyclic) bond motifs is 1. The molecule has 1 fully saturated rings. The SMILES string of the molecule is Fc1ccc2[nH]c([C@@H]3CCN3)cc2c1. The molecule has 14 heavy (non-hydrogen) atoms. The Bertz CT molecular complexity index is 471. The number of halogens is 1. The summed E-state index contributed by atoms with van der Waals surface area (Å²) in [6.07, 6.45) is 1.16. The molecule has 1 saturated heterocycles. The molecule has 0 bridgehead atoms. The van der Waals surface area contributed by atoms with Gasteiger partial charge in [-0.15, -0.1) is 0 Å². The quantitative estimate of drug-likeness (QED) is 0.709. The first-order valence-electron chi connectivity index (χ1n) is 4.84. The second-order valence-corrected chi connectivity index (χ2v) is 3.75. The van der Waals surface area contributed by atoms with Crippen molar-refractivity contribution in [3.63, 3.8) is 0 Å². The molecule has 0 spiro atoms. The van der Waals surface area contributed by atoms with Gasteiger partial charge in [-0.25, -0.2) is 4.39 Å². The highest BCUT2D eigenvalue weighted by Gasteiger charge is 2.19. The first kappa shape index (κ1) is 8.00. The van der Waals surface area contributed by atoms with Crippen LogP contribution in [0.2, 0.25) is 0 Å². The normalized spacial score (nSPS) is 21.1. The minimum atomic E-state index is -0.176. The summed E-state index contributed by atoms with van der Waals surface area (Å²) in [6, 6.07) is 7.29. The molecular formula is C11H11FN2. The molecule has 1 aliphatic heterocycles. The highest BCUT2D eigenvalue weighted by atomic mass is 19.1. The minimum absolute atomic E-state index is 0.176. The second-order valence-electron chi connectivity index (χ2n) is 3.75. The van der Waals surface area contributed by atoms with Gasteiger partial charge in [-0.05, 0) is 37.2 Å². The fourth-order valence-electron chi connectivity index (χ4n) is 1.87. The molecule has 0 saturated carbocycles. The van der Waals surface area contributed by atoms with E-state index in [2.05, 4.69) is 10.3 Å². The van der Waals surface area contributed by atoms with Crippen molar-refractivity contribution in [2.24, 2.45) is 0 Å². The largest absolute Gasteiger partial charge is 0.357 e. The molecule has 3 heteroatoms. The lowest BCUT2D eigenvalue weighted by molar-refractivity contribution is 0.377. The third-order valence-corrected chi connectivity index (χ3v) is 2.80. The van der Waals surface area contributed by atoms with Crippen LogP contribution < -0.4 is 5.32 Å². The average molecular weight is 190 g/mol. The van der Waals surface area contributed by atoms with Gasteiger partial charge in [0.25, 0.3) is 0 Å². The Labute approximate surface area is 81.1 Å². The smallest absolute Gasteiger partial charge is 0.123 e. The van der Waals surface area contributed by atoms with Gasteiger partial charge in [-0.2, -0.15) is 0 Å². The van der Waals surface area contributed by atoms with Crippen LogP contribution in [-0.4, -0.2) is 11.5 Å². The Morgan fingerprint density at radius 3 is 2.86 bits per heavy atom. The van der Waals surface area contributed by atoms with Crippen molar-refractivity contribution in [3.05, 3.63) is 35.8 Å². The van der Waals surface area contributed by atoms with E-state index in [1.54, 1.807) is 12.1 Å². The molecular weight excluding hydrogens is 179 g/mol. The van der Waals surface area contributed by atoms with Gasteiger partial charge in [-0.3, -0.25) is 0 Å². The van der Waals surface area contributed by atoms with Gasteiger partial charge in [0.05, 0.1) is 0 Å². The molecule has 1 aromatic carbocycles. The van der Waals surface area contributed by atoms with Crippen LogP contribution in [0.25, 0.3) is 10.9 Å². The van der Waals surface area contributed by atoms with E-state index in [0.717, 1.165) is 29.6 Å². The molecule has 0 radical (unpaired) electrons. The third-order valence-electron chi connectivity index (χ3n) is 2.80. The van der Waals surface area contributed by atoms with Crippen molar-refractivity contribution in [3.8, 4) is 0 Å². The maximum atomic E-state index is 12.9. The zero-order valence-corrected chi connectivity index (χ0v) is 7.68. The molecule has 1 atom stereocenters. The van der Waals surface area contributed by atoms with Crippen LogP contribution in [-0.2, 0) is 0 Å². The third kappa shape index (κ3) is 1.13. The summed E-state index contributed by atoms with van der Waals surface area (Å²) < 4.78 is 12.9. The summed E-state index contributed by atoms with van der Waals surface area (Å²) >= 11 is 0. The molecule has 72 valence electrons. The van der Waals surface area contributed by atoms with Crippen LogP contribution >= 0.6 is 0 Å². The predicted molar refractivity (Wildman–Crippen MR) is 53.6 cm³/mol. The predicted octanol–water partition coefficient (Wildman–Crippen LogP) is 2.34. The Morgan fingerprint density at radius 2 is 2.14 bits per heavy atom. The zero-order valence-electron chi connectivity index (χ0n) is 7.68. The maximum Gasteiger partial charge on any atom is 0.123 e. The molecule has 3 rings (SSSR count). The van der Waals surface area contributed by atoms with E-state index >= 15 is 0 Å². The van der Waals surface area contributed by atoms with Crippen molar-refractivity contribution in [2.45, 2.75) is 12.5 Å². The number of hydrogen-bond donors (Lipinski definition) is 2. The summed E-state index contributed by atoms with van der Waals surface area (Å²) in [5.74, 6) is -0.176. The van der Waals surface area contributed by atoms with Crippen LogP contribution in [0, 0.1) is 5.82 Å². The molecule has 0 amide bonds. The van der Waals surface area contributed by atoms with E-state index in [1.165, 1.54) is 6.07 Å². The minimum Gasteiger partial charge on any atom is -0.357 e. The number of benzene rings is 1. The highest BCUT2D eigenvalue weighted by Crippen LogP contribution is 2.26. The lowest BCUT2D eigenvalue weighted by Gasteiger charge is -2.26. The Kier molecular flexibility index (Phi) is 1.61. The van der Waals surface area contributed by atoms with Crippen LogP contribution in [0.1, 0.15) is 18.2 Å². The Hall–Kier alpha value is -1.35. The summed E-state index contributed by atoms with van der Waals surface area (Å²) in [6.45, 7) is 1.08. The van der Waals surface area contributed by atoms with E-state index in [0.29, 0.717) is 6.04 Å². The van der Waals surface area contributed by atoms with Gasteiger partial charge in [0.2, 0.25) is 0 Å². The van der Waals surface area contributed by atoms with Gasteiger partial charge >= 0.3 is 0 Å². The molecule has 0 aliphatic carbocycles. The van der Waals surface area contributed by atoms with Gasteiger partial charge in [-0.1, -0.05) is 0 Å². The molecule has 2 heterocycles. The summed E-state index contributed by atoms with van der Waals surface area (Å²) in [5, 5.41) is 4.26. The van der Waals surface area contributed by atoms with Crippen molar-refractivity contribution < 1.29 is 4.39 Å². The Balaban J connectivity index is 2.10. The van der Waals surface area contributed by atoms with Gasteiger partial charge in [0.15, 0.2) is 0 Å². The molecule has 0 unspecified atom stereocenters. The highest BCUT2D eigenvalue weighted by molar-refractivity contribution is 5.80. The second kappa shape index (κ2) is 2.82. The monoisotopic (exact) mass is 190 g/mol. The topological polar surface area (TPSA) is 27.8 Å². The van der Waals surface area contributed by atoms with Gasteiger partial charge in [0.1, 0.15) is 5.82 Å². The number of rotatable bonds is 1. The lowest BCUT2D eigenvalue weighted by atomic mass is 10.0. The summed E-state index contributed by atoms with van der Waals surface area (Å²) in [4.78, 5) is 3.30. The van der Waals surface area contributed by atoms with Gasteiger partial charge in [0, 0.05) is 22.6 Å². The molecule has 2 N–H and O–H groups in total. The van der Waals surface area contributed by atoms with Gasteiger partial charge < -0.3 is 10.3 Å². The van der Waals surface area contributed by atoms with Crippen molar-refractivity contribution in [2.75, 3.05) is 6.54 Å². The van der Waals surface area contributed by atoms with Crippen molar-refractivity contribution in [1.82, 2.24) is 10.3 Å². The maximum absolute atomic E-state index is 12.9. The van der Waals surface area contributed by atoms with E-state index in [-0.39, 0.29) is 5.82 Å². The van der Waals surface area contributed by atoms with E-state index in [4.69, 9.17) is 0 Å². The molecule has 1 aromatic heterocycles. The van der Waals surface area contributed by atoms with E-state index < -0.39 is 0 Å². The number of nitrogens with one attached hydrogen (secondary N) is 2. The zero-order chi connectivity index (χ0) is 9.54. The summed E-state index contributed by atoms with van der Waals surface area (Å²) in [7, 11) is 0. The van der Waals surface area contributed by atoms with Crippen molar-refractivity contribution in [1.29, 1.82) is 0 Å². The number of H-pyrrole nitrogens is 1. The summed E-state index contributed by atoms with van der Waals surface area (Å²) in [5.41, 5.74) is 2.17.